The molecule has 1 N–H and O–H groups in total. The number of nitrogens with one attached hydrogen (secondary N) is 1. The molecule has 4 nitrogen and oxygen atoms in total. The summed E-state index contributed by atoms with van der Waals surface area (Å²) in [7, 11) is 0. The van der Waals surface area contributed by atoms with Gasteiger partial charge in [-0.1, -0.05) is 53.5 Å². The van der Waals surface area contributed by atoms with Crippen molar-refractivity contribution in [1.29, 1.82) is 0 Å². The van der Waals surface area contributed by atoms with Gasteiger partial charge < -0.3 is 10.1 Å². The molecule has 5 rings (SSSR count). The van der Waals surface area contributed by atoms with Crippen molar-refractivity contribution in [1.82, 2.24) is 5.32 Å². The highest BCUT2D eigenvalue weighted by molar-refractivity contribution is 6.37. The number of rotatable bonds is 4. The molecule has 2 aromatic carbocycles. The van der Waals surface area contributed by atoms with Crippen molar-refractivity contribution < 1.29 is 14.3 Å². The molecule has 0 saturated heterocycles. The SMILES string of the molecule is O=C1CCCC2=C1C(c1cc(Cl)c(OCc3ccccc3)c(Cl)c1)C1=C(CCCC1=O)N2. The van der Waals surface area contributed by atoms with Crippen LogP contribution in [0.2, 0.25) is 10.0 Å². The van der Waals surface area contributed by atoms with Crippen molar-refractivity contribution in [2.24, 2.45) is 0 Å². The molecule has 0 bridgehead atoms. The molecule has 32 heavy (non-hydrogen) atoms. The molecule has 0 radical (unpaired) electrons. The Labute approximate surface area is 197 Å². The molecule has 1 aliphatic heterocycles. The molecule has 0 aromatic heterocycles. The van der Waals surface area contributed by atoms with Gasteiger partial charge in [0.2, 0.25) is 0 Å². The van der Waals surface area contributed by atoms with Gasteiger partial charge >= 0.3 is 0 Å². The maximum atomic E-state index is 13.0. The number of ether oxygens (including phenoxy) is 1. The van der Waals surface area contributed by atoms with Crippen molar-refractivity contribution in [3.05, 3.63) is 86.2 Å². The van der Waals surface area contributed by atoms with E-state index in [0.29, 0.717) is 46.4 Å². The molecule has 0 amide bonds. The molecule has 0 unspecified atom stereocenters. The van der Waals surface area contributed by atoms with Crippen molar-refractivity contribution in [3.8, 4) is 5.75 Å². The molecule has 2 aromatic rings. The van der Waals surface area contributed by atoms with Gasteiger partial charge in [0.1, 0.15) is 6.61 Å². The van der Waals surface area contributed by atoms with Crippen LogP contribution in [-0.4, -0.2) is 11.6 Å². The first-order chi connectivity index (χ1) is 15.5. The van der Waals surface area contributed by atoms with Crippen molar-refractivity contribution in [2.45, 2.75) is 51.0 Å². The third-order valence-corrected chi connectivity index (χ3v) is 6.93. The second kappa shape index (κ2) is 8.76. The van der Waals surface area contributed by atoms with Gasteiger partial charge in [0, 0.05) is 41.3 Å². The van der Waals surface area contributed by atoms with Gasteiger partial charge in [0.15, 0.2) is 17.3 Å². The molecule has 0 spiro atoms. The lowest BCUT2D eigenvalue weighted by molar-refractivity contribution is -0.116. The van der Waals surface area contributed by atoms with E-state index < -0.39 is 5.92 Å². The summed E-state index contributed by atoms with van der Waals surface area (Å²) in [6.07, 6.45) is 4.25. The fraction of sp³-hybridized carbons (Fsp3) is 0.308. The van der Waals surface area contributed by atoms with E-state index in [2.05, 4.69) is 5.32 Å². The zero-order valence-electron chi connectivity index (χ0n) is 17.5. The number of allylic oxidation sites excluding steroid dienone is 4. The maximum Gasteiger partial charge on any atom is 0.161 e. The number of ketones is 2. The molecule has 6 heteroatoms. The monoisotopic (exact) mass is 467 g/mol. The summed E-state index contributed by atoms with van der Waals surface area (Å²) >= 11 is 13.2. The smallest absolute Gasteiger partial charge is 0.161 e. The van der Waals surface area contributed by atoms with Crippen LogP contribution in [0.1, 0.15) is 55.6 Å². The predicted octanol–water partition coefficient (Wildman–Crippen LogP) is 6.27. The lowest BCUT2D eigenvalue weighted by Crippen LogP contribution is -2.36. The quantitative estimate of drug-likeness (QED) is 0.575. The van der Waals surface area contributed by atoms with E-state index in [1.54, 1.807) is 12.1 Å². The van der Waals surface area contributed by atoms with Crippen LogP contribution in [0.3, 0.4) is 0 Å². The largest absolute Gasteiger partial charge is 0.486 e. The first-order valence-electron chi connectivity index (χ1n) is 11.0. The number of hydrogen-bond donors (Lipinski definition) is 1. The van der Waals surface area contributed by atoms with Gasteiger partial charge in [-0.2, -0.15) is 0 Å². The second-order valence-electron chi connectivity index (χ2n) is 8.48. The molecule has 164 valence electrons. The lowest BCUT2D eigenvalue weighted by atomic mass is 9.71. The van der Waals surface area contributed by atoms with E-state index in [-0.39, 0.29) is 11.6 Å². The predicted molar refractivity (Wildman–Crippen MR) is 125 cm³/mol. The summed E-state index contributed by atoms with van der Waals surface area (Å²) in [4.78, 5) is 25.9. The minimum atomic E-state index is -0.431. The highest BCUT2D eigenvalue weighted by atomic mass is 35.5. The molecule has 0 saturated carbocycles. The van der Waals surface area contributed by atoms with Crippen LogP contribution in [0.4, 0.5) is 0 Å². The topological polar surface area (TPSA) is 55.4 Å². The highest BCUT2D eigenvalue weighted by Gasteiger charge is 2.40. The fourth-order valence-electron chi connectivity index (χ4n) is 4.93. The van der Waals surface area contributed by atoms with Crippen LogP contribution in [0.5, 0.6) is 5.75 Å². The number of dihydropyridines is 1. The Morgan fingerprint density at radius 3 is 1.97 bits per heavy atom. The van der Waals surface area contributed by atoms with Crippen molar-refractivity contribution in [2.75, 3.05) is 0 Å². The van der Waals surface area contributed by atoms with Gasteiger partial charge in [-0.05, 0) is 48.9 Å². The molecule has 1 heterocycles. The second-order valence-corrected chi connectivity index (χ2v) is 9.30. The highest BCUT2D eigenvalue weighted by Crippen LogP contribution is 2.47. The van der Waals surface area contributed by atoms with Crippen molar-refractivity contribution >= 4 is 34.8 Å². The van der Waals surface area contributed by atoms with E-state index in [9.17, 15) is 9.59 Å². The third kappa shape index (κ3) is 3.87. The summed E-state index contributed by atoms with van der Waals surface area (Å²) in [5.74, 6) is 0.152. The van der Waals surface area contributed by atoms with Gasteiger partial charge in [-0.25, -0.2) is 0 Å². The number of hydrogen-bond acceptors (Lipinski definition) is 4. The minimum absolute atomic E-state index is 0.0883. The molecule has 0 fully saturated rings. The summed E-state index contributed by atoms with van der Waals surface area (Å²) in [5.41, 5.74) is 5.03. The van der Waals surface area contributed by atoms with Gasteiger partial charge in [-0.3, -0.25) is 9.59 Å². The van der Waals surface area contributed by atoms with Gasteiger partial charge in [0.05, 0.1) is 10.0 Å². The van der Waals surface area contributed by atoms with E-state index in [0.717, 1.165) is 48.2 Å². The molecule has 3 aliphatic rings. The normalized spacial score (nSPS) is 18.9. The van der Waals surface area contributed by atoms with Crippen LogP contribution in [0, 0.1) is 0 Å². The van der Waals surface area contributed by atoms with E-state index in [4.69, 9.17) is 27.9 Å². The number of carbonyl (C=O) groups is 2. The number of carbonyl (C=O) groups excluding carboxylic acids is 2. The Kier molecular flexibility index (Phi) is 5.83. The summed E-state index contributed by atoms with van der Waals surface area (Å²) < 4.78 is 5.92. The zero-order chi connectivity index (χ0) is 22.2. The van der Waals surface area contributed by atoms with Crippen molar-refractivity contribution in [3.63, 3.8) is 0 Å². The number of Topliss-reactive ketones (excluding diaryl/α,β-unsaturated/α-hetero) is 2. The summed E-state index contributed by atoms with van der Waals surface area (Å²) in [5, 5.41) is 4.17. The van der Waals surface area contributed by atoms with Crippen LogP contribution in [0.25, 0.3) is 0 Å². The fourth-order valence-corrected chi connectivity index (χ4v) is 5.54. The minimum Gasteiger partial charge on any atom is -0.486 e. The molecular formula is C26H23Cl2NO3. The van der Waals surface area contributed by atoms with Crippen LogP contribution in [-0.2, 0) is 16.2 Å². The Morgan fingerprint density at radius 1 is 0.844 bits per heavy atom. The average molecular weight is 468 g/mol. The standard InChI is InChI=1S/C26H23Cl2NO3/c27-17-12-16(13-18(28)26(17)32-14-15-6-2-1-3-7-15)23-24-19(8-4-10-21(24)30)29-20-9-5-11-22(31)25(20)23/h1-3,6-7,12-13,23,29H,4-5,8-11,14H2. The summed E-state index contributed by atoms with van der Waals surface area (Å²) in [6, 6.07) is 13.4. The first-order valence-corrected chi connectivity index (χ1v) is 11.7. The lowest BCUT2D eigenvalue weighted by Gasteiger charge is -2.37. The summed E-state index contributed by atoms with van der Waals surface area (Å²) in [6.45, 7) is 0.342. The average Bonchev–Trinajstić information content (AvgIpc) is 2.78. The Morgan fingerprint density at radius 2 is 1.41 bits per heavy atom. The van der Waals surface area contributed by atoms with Crippen LogP contribution < -0.4 is 10.1 Å². The molecule has 2 aliphatic carbocycles. The molecule has 0 atom stereocenters. The Hall–Kier alpha value is -2.56. The third-order valence-electron chi connectivity index (χ3n) is 6.37. The van der Waals surface area contributed by atoms with Crippen LogP contribution in [0.15, 0.2) is 65.0 Å². The Bertz CT molecular complexity index is 1100. The van der Waals surface area contributed by atoms with E-state index >= 15 is 0 Å². The zero-order valence-corrected chi connectivity index (χ0v) is 19.1. The number of benzene rings is 2. The molecular weight excluding hydrogens is 445 g/mol. The number of halogens is 2. The van der Waals surface area contributed by atoms with Crippen LogP contribution >= 0.6 is 23.2 Å². The Balaban J connectivity index is 1.55. The van der Waals surface area contributed by atoms with E-state index in [1.165, 1.54) is 0 Å². The van der Waals surface area contributed by atoms with E-state index in [1.807, 2.05) is 30.3 Å². The van der Waals surface area contributed by atoms with Gasteiger partial charge in [-0.15, -0.1) is 0 Å². The first kappa shape index (κ1) is 21.3. The maximum absolute atomic E-state index is 13.0. The van der Waals surface area contributed by atoms with Gasteiger partial charge in [0.25, 0.3) is 0 Å².